The normalized spacial score (nSPS) is 16.3. The molecule has 8 aromatic carbocycles. The number of fused-ring (bicyclic) bond motifs is 4. The fourth-order valence-electron chi connectivity index (χ4n) is 9.86. The number of hydrogen-bond donors (Lipinski definition) is 0. The van der Waals surface area contributed by atoms with E-state index in [2.05, 4.69) is 192 Å². The van der Waals surface area contributed by atoms with Crippen LogP contribution in [0.4, 0.5) is 34.1 Å². The topological polar surface area (TPSA) is 65.3 Å². The average Bonchev–Trinajstić information content (AvgIpc) is 3.65. The van der Waals surface area contributed by atoms with Gasteiger partial charge in [-0.2, -0.15) is 8.42 Å². The summed E-state index contributed by atoms with van der Waals surface area (Å²) < 4.78 is 34.0. The van der Waals surface area contributed by atoms with E-state index in [4.69, 9.17) is 0 Å². The van der Waals surface area contributed by atoms with Crippen LogP contribution in [-0.4, -0.2) is 19.8 Å². The maximum Gasteiger partial charge on any atom is 0.364 e. The lowest BCUT2D eigenvalue weighted by Gasteiger charge is -2.42. The van der Waals surface area contributed by atoms with Crippen LogP contribution < -0.4 is 9.80 Å². The summed E-state index contributed by atoms with van der Waals surface area (Å²) in [4.78, 5) is 4.69. The molecule has 0 bridgehead atoms. The quantitative estimate of drug-likeness (QED) is 0.167. The van der Waals surface area contributed by atoms with Crippen molar-refractivity contribution in [2.24, 2.45) is 8.80 Å². The predicted octanol–water partition coefficient (Wildman–Crippen LogP) is 13.8. The van der Waals surface area contributed by atoms with Crippen LogP contribution >= 0.6 is 0 Å². The van der Waals surface area contributed by atoms with Gasteiger partial charge in [-0.05, 0) is 93.0 Å². The zero-order valence-corrected chi connectivity index (χ0v) is 36.3. The molecule has 0 radical (unpaired) electrons. The van der Waals surface area contributed by atoms with Crippen LogP contribution in [0, 0.1) is 0 Å². The summed E-state index contributed by atoms with van der Waals surface area (Å²) in [6.07, 6.45) is 0. The Morgan fingerprint density at radius 1 is 0.333 bits per heavy atom. The highest BCUT2D eigenvalue weighted by Gasteiger charge is 2.38. The molecule has 0 fully saturated rings. The van der Waals surface area contributed by atoms with Crippen molar-refractivity contribution in [1.82, 2.24) is 0 Å². The fraction of sp³-hybridized carbons (Fsp3) is 0.107. The third-order valence-corrected chi connectivity index (χ3v) is 14.0. The number of rotatable bonds is 6. The Bertz CT molecular complexity index is 2960. The second-order valence-corrected chi connectivity index (χ2v) is 18.8. The van der Waals surface area contributed by atoms with E-state index in [1.165, 1.54) is 45.0 Å². The van der Waals surface area contributed by atoms with Gasteiger partial charge in [0, 0.05) is 33.3 Å². The van der Waals surface area contributed by atoms with Crippen molar-refractivity contribution in [1.29, 1.82) is 0 Å². The third kappa shape index (κ3) is 6.33. The first-order valence-electron chi connectivity index (χ1n) is 21.3. The molecule has 0 amide bonds. The van der Waals surface area contributed by atoms with Crippen molar-refractivity contribution < 1.29 is 8.42 Å². The second-order valence-electron chi connectivity index (χ2n) is 17.6. The lowest BCUT2D eigenvalue weighted by atomic mass is 9.73. The molecule has 0 spiro atoms. The number of para-hydroxylation sites is 4. The van der Waals surface area contributed by atoms with Crippen LogP contribution in [0.25, 0.3) is 22.3 Å². The van der Waals surface area contributed by atoms with Gasteiger partial charge in [0.15, 0.2) is 0 Å². The van der Waals surface area contributed by atoms with Crippen LogP contribution in [-0.2, 0) is 21.0 Å². The van der Waals surface area contributed by atoms with E-state index in [1.807, 2.05) is 48.5 Å². The molecule has 6 nitrogen and oxygen atoms in total. The standard InChI is InChI=1S/C56H44N4O2S/c1-55(2)45-13-5-9-17-49(45)59(50-18-10-6-14-46(50)55)43-33-29-39(30-34-43)37-21-25-41(26-22-37)53-54(58-63(61,62)57-53)42-27-23-38(24-28-42)40-31-35-44(36-32-40)60-51-19-11-7-15-47(51)56(3,4)48-16-8-12-20-52(48)60/h5-36H,1-4H3. The Morgan fingerprint density at radius 2 is 0.571 bits per heavy atom. The van der Waals surface area contributed by atoms with Crippen LogP contribution in [0.15, 0.2) is 203 Å². The Hall–Kier alpha value is -7.35. The van der Waals surface area contributed by atoms with E-state index >= 15 is 0 Å². The van der Waals surface area contributed by atoms with E-state index in [1.54, 1.807) is 0 Å². The predicted molar refractivity (Wildman–Crippen MR) is 259 cm³/mol. The molecule has 3 aliphatic heterocycles. The van der Waals surface area contributed by atoms with Crippen molar-refractivity contribution in [2.75, 3.05) is 9.80 Å². The van der Waals surface area contributed by atoms with Gasteiger partial charge in [0.2, 0.25) is 0 Å². The second kappa shape index (κ2) is 14.4. The molecule has 7 heteroatoms. The van der Waals surface area contributed by atoms with Crippen molar-refractivity contribution >= 4 is 55.8 Å². The monoisotopic (exact) mass is 836 g/mol. The first-order valence-corrected chi connectivity index (χ1v) is 22.7. The average molecular weight is 837 g/mol. The van der Waals surface area contributed by atoms with E-state index < -0.39 is 10.2 Å². The molecule has 0 N–H and O–H groups in total. The molecule has 0 saturated heterocycles. The van der Waals surface area contributed by atoms with Crippen molar-refractivity contribution in [3.63, 3.8) is 0 Å². The zero-order chi connectivity index (χ0) is 43.1. The molecule has 0 saturated carbocycles. The fourth-order valence-corrected chi connectivity index (χ4v) is 10.7. The van der Waals surface area contributed by atoms with Gasteiger partial charge >= 0.3 is 10.2 Å². The first kappa shape index (κ1) is 38.6. The van der Waals surface area contributed by atoms with Gasteiger partial charge in [0.05, 0.1) is 22.7 Å². The Kier molecular flexibility index (Phi) is 8.79. The summed E-state index contributed by atoms with van der Waals surface area (Å²) >= 11 is 0. The summed E-state index contributed by atoms with van der Waals surface area (Å²) in [5, 5.41) is 0. The van der Waals surface area contributed by atoms with Crippen molar-refractivity contribution in [3.8, 4) is 22.3 Å². The van der Waals surface area contributed by atoms with Gasteiger partial charge in [-0.25, -0.2) is 0 Å². The maximum absolute atomic E-state index is 12.9. The van der Waals surface area contributed by atoms with Gasteiger partial charge in [0.25, 0.3) is 0 Å². The lowest BCUT2D eigenvalue weighted by molar-refractivity contribution is 0.601. The Labute approximate surface area is 369 Å². The minimum atomic E-state index is -4.03. The summed E-state index contributed by atoms with van der Waals surface area (Å²) in [5.41, 5.74) is 18.0. The molecule has 11 rings (SSSR count). The highest BCUT2D eigenvalue weighted by Crippen LogP contribution is 2.53. The first-order chi connectivity index (χ1) is 30.5. The van der Waals surface area contributed by atoms with E-state index in [0.29, 0.717) is 22.6 Å². The van der Waals surface area contributed by atoms with Crippen LogP contribution in [0.1, 0.15) is 61.1 Å². The summed E-state index contributed by atoms with van der Waals surface area (Å²) in [6.45, 7) is 9.17. The van der Waals surface area contributed by atoms with Gasteiger partial charge in [-0.1, -0.05) is 173 Å². The number of nitrogens with zero attached hydrogens (tertiary/aromatic N) is 4. The van der Waals surface area contributed by atoms with E-state index in [-0.39, 0.29) is 10.8 Å². The molecule has 3 aliphatic rings. The molecule has 306 valence electrons. The highest BCUT2D eigenvalue weighted by molar-refractivity contribution is 7.89. The smallest absolute Gasteiger partial charge is 0.310 e. The highest BCUT2D eigenvalue weighted by atomic mass is 32.2. The molecule has 0 atom stereocenters. The maximum atomic E-state index is 12.9. The van der Waals surface area contributed by atoms with E-state index in [0.717, 1.165) is 33.6 Å². The minimum Gasteiger partial charge on any atom is -0.310 e. The van der Waals surface area contributed by atoms with Gasteiger partial charge in [-0.15, -0.1) is 8.80 Å². The molecular formula is C56H44N4O2S. The molecule has 3 heterocycles. The zero-order valence-electron chi connectivity index (χ0n) is 35.5. The molecule has 0 aromatic heterocycles. The van der Waals surface area contributed by atoms with Gasteiger partial charge < -0.3 is 9.80 Å². The number of anilines is 6. The molecular weight excluding hydrogens is 793 g/mol. The van der Waals surface area contributed by atoms with Crippen LogP contribution in [0.3, 0.4) is 0 Å². The molecule has 0 unspecified atom stereocenters. The Morgan fingerprint density at radius 3 is 0.857 bits per heavy atom. The lowest BCUT2D eigenvalue weighted by Crippen LogP contribution is -2.30. The minimum absolute atomic E-state index is 0.121. The van der Waals surface area contributed by atoms with Crippen LogP contribution in [0.2, 0.25) is 0 Å². The van der Waals surface area contributed by atoms with E-state index in [9.17, 15) is 8.42 Å². The summed E-state index contributed by atoms with van der Waals surface area (Å²) in [6, 6.07) is 67.6. The van der Waals surface area contributed by atoms with Crippen molar-refractivity contribution in [3.05, 3.63) is 228 Å². The molecule has 63 heavy (non-hydrogen) atoms. The Balaban J connectivity index is 0.836. The third-order valence-electron chi connectivity index (χ3n) is 13.1. The molecule has 8 aromatic rings. The van der Waals surface area contributed by atoms with Gasteiger partial charge in [0.1, 0.15) is 11.4 Å². The molecule has 0 aliphatic carbocycles. The number of benzene rings is 8. The summed E-state index contributed by atoms with van der Waals surface area (Å²) in [5.74, 6) is 0. The van der Waals surface area contributed by atoms with Gasteiger partial charge in [-0.3, -0.25) is 0 Å². The SMILES string of the molecule is CC1(C)c2ccccc2N(c2ccc(-c3ccc(C4=NS(=O)(=O)N=C4c4ccc(-c5ccc(N6c7ccccc7C(C)(C)c7ccccc76)cc5)cc4)cc3)cc2)c2ccccc21. The number of hydrogen-bond acceptors (Lipinski definition) is 4. The van der Waals surface area contributed by atoms with Crippen molar-refractivity contribution in [2.45, 2.75) is 38.5 Å². The summed E-state index contributed by atoms with van der Waals surface area (Å²) in [7, 11) is -4.03. The largest absolute Gasteiger partial charge is 0.364 e. The van der Waals surface area contributed by atoms with Crippen LogP contribution in [0.5, 0.6) is 0 Å².